The first-order valence-corrected chi connectivity index (χ1v) is 6.05. The minimum absolute atomic E-state index is 0.0189. The lowest BCUT2D eigenvalue weighted by molar-refractivity contribution is -0.0176. The second-order valence-corrected chi connectivity index (χ2v) is 4.28. The van der Waals surface area contributed by atoms with Crippen LogP contribution in [0.5, 0.6) is 0 Å². The van der Waals surface area contributed by atoms with Gasteiger partial charge in [0, 0.05) is 24.3 Å². The van der Waals surface area contributed by atoms with Gasteiger partial charge in [0.25, 0.3) is 0 Å². The number of aliphatic hydroxyl groups excluding tert-OH is 2. The third kappa shape index (κ3) is 2.78. The van der Waals surface area contributed by atoms with Crippen molar-refractivity contribution in [3.8, 4) is 0 Å². The molecule has 1 aromatic rings. The van der Waals surface area contributed by atoms with Gasteiger partial charge in [0.1, 0.15) is 6.34 Å². The lowest BCUT2D eigenvalue weighted by atomic mass is 10.1. The van der Waals surface area contributed by atoms with E-state index in [0.717, 1.165) is 16.3 Å². The third-order valence-electron chi connectivity index (χ3n) is 3.02. The summed E-state index contributed by atoms with van der Waals surface area (Å²) in [5.41, 5.74) is 8.65. The van der Waals surface area contributed by atoms with Crippen LogP contribution in [0.25, 0.3) is 0 Å². The van der Waals surface area contributed by atoms with Gasteiger partial charge in [0.15, 0.2) is 0 Å². The standard InChI is InChI=1S/C12H18N4O3/c13-10-1-2-11(15(3-5-17)4-6-18)12-9(10)7-16(19)8-14-12/h1-2,8,17-19H,3-7,13H2. The number of fused-ring (bicyclic) bond motifs is 1. The van der Waals surface area contributed by atoms with Gasteiger partial charge < -0.3 is 20.8 Å². The molecule has 1 aliphatic rings. The maximum atomic E-state index is 9.45. The van der Waals surface area contributed by atoms with Crippen molar-refractivity contribution in [1.29, 1.82) is 0 Å². The molecule has 0 aromatic heterocycles. The molecule has 1 aromatic carbocycles. The van der Waals surface area contributed by atoms with Crippen LogP contribution in [0.15, 0.2) is 17.1 Å². The van der Waals surface area contributed by atoms with E-state index in [1.165, 1.54) is 6.34 Å². The Morgan fingerprint density at radius 3 is 2.58 bits per heavy atom. The van der Waals surface area contributed by atoms with E-state index in [2.05, 4.69) is 4.99 Å². The molecule has 104 valence electrons. The first-order valence-electron chi connectivity index (χ1n) is 6.05. The van der Waals surface area contributed by atoms with Gasteiger partial charge >= 0.3 is 0 Å². The van der Waals surface area contributed by atoms with E-state index < -0.39 is 0 Å². The highest BCUT2D eigenvalue weighted by Gasteiger charge is 2.20. The number of anilines is 2. The molecule has 0 saturated carbocycles. The number of rotatable bonds is 5. The van der Waals surface area contributed by atoms with Gasteiger partial charge in [-0.15, -0.1) is 0 Å². The number of hydrogen-bond donors (Lipinski definition) is 4. The number of nitrogens with two attached hydrogens (primary N) is 1. The van der Waals surface area contributed by atoms with Crippen molar-refractivity contribution in [3.63, 3.8) is 0 Å². The maximum Gasteiger partial charge on any atom is 0.116 e. The second kappa shape index (κ2) is 5.87. The monoisotopic (exact) mass is 266 g/mol. The summed E-state index contributed by atoms with van der Waals surface area (Å²) in [5.74, 6) is 0. The Bertz CT molecular complexity index is 472. The van der Waals surface area contributed by atoms with Crippen molar-refractivity contribution < 1.29 is 15.4 Å². The van der Waals surface area contributed by atoms with Crippen molar-refractivity contribution in [3.05, 3.63) is 17.7 Å². The normalized spacial score (nSPS) is 13.5. The molecule has 0 fully saturated rings. The van der Waals surface area contributed by atoms with Crippen LogP contribution in [0.1, 0.15) is 5.56 Å². The number of aliphatic hydroxyl groups is 2. The van der Waals surface area contributed by atoms with Gasteiger partial charge in [0.2, 0.25) is 0 Å². The van der Waals surface area contributed by atoms with Crippen molar-refractivity contribution in [1.82, 2.24) is 5.06 Å². The molecule has 5 N–H and O–H groups in total. The summed E-state index contributed by atoms with van der Waals surface area (Å²) >= 11 is 0. The molecule has 0 amide bonds. The summed E-state index contributed by atoms with van der Waals surface area (Å²) in [6.07, 6.45) is 1.32. The number of nitrogens with zero attached hydrogens (tertiary/aromatic N) is 3. The zero-order valence-corrected chi connectivity index (χ0v) is 10.5. The Labute approximate surface area is 111 Å². The molecule has 0 bridgehead atoms. The van der Waals surface area contributed by atoms with Gasteiger partial charge in [-0.05, 0) is 12.1 Å². The topological polar surface area (TPSA) is 106 Å². The molecular formula is C12H18N4O3. The first kappa shape index (κ1) is 13.6. The van der Waals surface area contributed by atoms with Crippen molar-refractivity contribution >= 4 is 23.4 Å². The molecule has 7 nitrogen and oxygen atoms in total. The van der Waals surface area contributed by atoms with Crippen LogP contribution in [0, 0.1) is 0 Å². The van der Waals surface area contributed by atoms with Gasteiger partial charge in [-0.1, -0.05) is 0 Å². The average Bonchev–Trinajstić information content (AvgIpc) is 2.40. The highest BCUT2D eigenvalue weighted by Crippen LogP contribution is 2.38. The molecule has 0 saturated heterocycles. The highest BCUT2D eigenvalue weighted by molar-refractivity contribution is 5.82. The van der Waals surface area contributed by atoms with Gasteiger partial charge in [0.05, 0.1) is 31.1 Å². The van der Waals surface area contributed by atoms with Crippen LogP contribution >= 0.6 is 0 Å². The van der Waals surface area contributed by atoms with Crippen LogP contribution in [0.3, 0.4) is 0 Å². The van der Waals surface area contributed by atoms with Crippen LogP contribution < -0.4 is 10.6 Å². The molecule has 0 unspecified atom stereocenters. The van der Waals surface area contributed by atoms with Crippen LogP contribution in [0.4, 0.5) is 17.1 Å². The molecule has 0 spiro atoms. The summed E-state index contributed by atoms with van der Waals surface area (Å²) in [6, 6.07) is 3.55. The molecule has 2 rings (SSSR count). The Hall–Kier alpha value is -1.83. The van der Waals surface area contributed by atoms with Gasteiger partial charge in [-0.2, -0.15) is 0 Å². The summed E-state index contributed by atoms with van der Waals surface area (Å²) in [5, 5.41) is 28.6. The molecule has 0 radical (unpaired) electrons. The third-order valence-corrected chi connectivity index (χ3v) is 3.02. The SMILES string of the molecule is Nc1ccc(N(CCO)CCO)c2c1CN(O)C=N2. The minimum atomic E-state index is -0.0189. The van der Waals surface area contributed by atoms with Crippen molar-refractivity contribution in [2.45, 2.75) is 6.54 Å². The molecule has 0 atom stereocenters. The molecule has 19 heavy (non-hydrogen) atoms. The van der Waals surface area contributed by atoms with Crippen molar-refractivity contribution in [2.75, 3.05) is 36.9 Å². The molecule has 0 aliphatic carbocycles. The Balaban J connectivity index is 2.42. The van der Waals surface area contributed by atoms with E-state index in [1.807, 2.05) is 11.0 Å². The molecular weight excluding hydrogens is 248 g/mol. The van der Waals surface area contributed by atoms with Crippen molar-refractivity contribution in [2.24, 2.45) is 4.99 Å². The van der Waals surface area contributed by atoms with Gasteiger partial charge in [-0.25, -0.2) is 10.1 Å². The van der Waals surface area contributed by atoms with Crippen LogP contribution in [0.2, 0.25) is 0 Å². The van der Waals surface area contributed by atoms with Crippen LogP contribution in [-0.4, -0.2) is 53.1 Å². The first-order chi connectivity index (χ1) is 9.17. The fourth-order valence-corrected chi connectivity index (χ4v) is 2.13. The lowest BCUT2D eigenvalue weighted by Crippen LogP contribution is -2.30. The highest BCUT2D eigenvalue weighted by atomic mass is 16.5. The van der Waals surface area contributed by atoms with E-state index in [9.17, 15) is 5.21 Å². The van der Waals surface area contributed by atoms with E-state index in [1.54, 1.807) is 6.07 Å². The summed E-state index contributed by atoms with van der Waals surface area (Å²) in [4.78, 5) is 6.02. The average molecular weight is 266 g/mol. The zero-order chi connectivity index (χ0) is 13.8. The number of hydroxylamine groups is 2. The maximum absolute atomic E-state index is 9.45. The molecule has 7 heteroatoms. The fraction of sp³-hybridized carbons (Fsp3) is 0.417. The van der Waals surface area contributed by atoms with E-state index >= 15 is 0 Å². The number of nitrogen functional groups attached to an aromatic ring is 1. The Morgan fingerprint density at radius 2 is 1.95 bits per heavy atom. The van der Waals surface area contributed by atoms with E-state index in [-0.39, 0.29) is 19.8 Å². The summed E-state index contributed by atoms with van der Waals surface area (Å²) in [6.45, 7) is 1.03. The number of benzene rings is 1. The quantitative estimate of drug-likeness (QED) is 0.556. The van der Waals surface area contributed by atoms with E-state index in [0.29, 0.717) is 24.5 Å². The predicted molar refractivity (Wildman–Crippen MR) is 72.7 cm³/mol. The zero-order valence-electron chi connectivity index (χ0n) is 10.5. The fourth-order valence-electron chi connectivity index (χ4n) is 2.13. The second-order valence-electron chi connectivity index (χ2n) is 4.28. The van der Waals surface area contributed by atoms with Gasteiger partial charge in [-0.3, -0.25) is 5.21 Å². The van der Waals surface area contributed by atoms with Crippen LogP contribution in [-0.2, 0) is 6.54 Å². The Morgan fingerprint density at radius 1 is 1.26 bits per heavy atom. The van der Waals surface area contributed by atoms with E-state index in [4.69, 9.17) is 15.9 Å². The number of aliphatic imine (C=N–C) groups is 1. The summed E-state index contributed by atoms with van der Waals surface area (Å²) in [7, 11) is 0. The number of hydrogen-bond acceptors (Lipinski definition) is 7. The summed E-state index contributed by atoms with van der Waals surface area (Å²) < 4.78 is 0. The Kier molecular flexibility index (Phi) is 4.20. The molecule has 1 heterocycles. The smallest absolute Gasteiger partial charge is 0.116 e. The largest absolute Gasteiger partial charge is 0.398 e. The molecule has 1 aliphatic heterocycles. The lowest BCUT2D eigenvalue weighted by Gasteiger charge is -2.28. The minimum Gasteiger partial charge on any atom is -0.398 e. The predicted octanol–water partition coefficient (Wildman–Crippen LogP) is -0.0756.